The molecule has 0 bridgehead atoms. The van der Waals surface area contributed by atoms with E-state index in [1.165, 1.54) is 12.0 Å². The molecule has 1 atom stereocenters. The Morgan fingerprint density at radius 1 is 1.39 bits per heavy atom. The van der Waals surface area contributed by atoms with Gasteiger partial charge in [-0.05, 0) is 44.2 Å². The third-order valence-corrected chi connectivity index (χ3v) is 2.76. The summed E-state index contributed by atoms with van der Waals surface area (Å²) in [7, 11) is 1.63. The van der Waals surface area contributed by atoms with Crippen molar-refractivity contribution in [3.05, 3.63) is 41.6 Å². The highest BCUT2D eigenvalue weighted by molar-refractivity contribution is 5.48. The van der Waals surface area contributed by atoms with Crippen molar-refractivity contribution < 1.29 is 4.74 Å². The third-order valence-electron chi connectivity index (χ3n) is 2.76. The monoisotopic (exact) mass is 245 g/mol. The summed E-state index contributed by atoms with van der Waals surface area (Å²) < 4.78 is 5.03. The largest absolute Gasteiger partial charge is 0.481 e. The minimum atomic E-state index is 0.586. The highest BCUT2D eigenvalue weighted by atomic mass is 16.5. The Labute approximate surface area is 110 Å². The molecule has 1 heterocycles. The maximum atomic E-state index is 5.03. The Morgan fingerprint density at radius 3 is 2.72 bits per heavy atom. The fourth-order valence-electron chi connectivity index (χ4n) is 1.62. The predicted octanol–water partition coefficient (Wildman–Crippen LogP) is 4.49. The molecule has 0 amide bonds. The van der Waals surface area contributed by atoms with Gasteiger partial charge in [-0.1, -0.05) is 30.7 Å². The summed E-state index contributed by atoms with van der Waals surface area (Å²) in [5.41, 5.74) is 2.51. The van der Waals surface area contributed by atoms with Gasteiger partial charge in [0.25, 0.3) is 0 Å². The molecule has 0 aliphatic rings. The van der Waals surface area contributed by atoms with Gasteiger partial charge in [0.05, 0.1) is 7.11 Å². The fourth-order valence-corrected chi connectivity index (χ4v) is 1.62. The van der Waals surface area contributed by atoms with E-state index < -0.39 is 0 Å². The topological polar surface area (TPSA) is 22.1 Å². The summed E-state index contributed by atoms with van der Waals surface area (Å²) in [6, 6.07) is 3.90. The number of aromatic nitrogens is 1. The molecule has 0 N–H and O–H groups in total. The van der Waals surface area contributed by atoms with Gasteiger partial charge in [0, 0.05) is 12.3 Å². The van der Waals surface area contributed by atoms with E-state index in [1.54, 1.807) is 7.11 Å². The van der Waals surface area contributed by atoms with E-state index in [9.17, 15) is 0 Å². The second-order valence-corrected chi connectivity index (χ2v) is 4.83. The van der Waals surface area contributed by atoms with Crippen molar-refractivity contribution in [3.63, 3.8) is 0 Å². The summed E-state index contributed by atoms with van der Waals surface area (Å²) in [6.45, 7) is 6.53. The molecule has 2 nitrogen and oxygen atoms in total. The maximum Gasteiger partial charge on any atom is 0.212 e. The van der Waals surface area contributed by atoms with Crippen LogP contribution in [-0.4, -0.2) is 12.1 Å². The molecule has 0 aliphatic heterocycles. The first kappa shape index (κ1) is 14.5. The van der Waals surface area contributed by atoms with Crippen LogP contribution >= 0.6 is 0 Å². The van der Waals surface area contributed by atoms with Crippen molar-refractivity contribution in [3.8, 4) is 5.88 Å². The molecular weight excluding hydrogens is 222 g/mol. The van der Waals surface area contributed by atoms with E-state index in [1.807, 2.05) is 18.3 Å². The van der Waals surface area contributed by atoms with Gasteiger partial charge in [0.1, 0.15) is 0 Å². The molecule has 2 heteroatoms. The van der Waals surface area contributed by atoms with Gasteiger partial charge in [-0.15, -0.1) is 0 Å². The van der Waals surface area contributed by atoms with Crippen molar-refractivity contribution in [2.75, 3.05) is 7.11 Å². The molecule has 0 saturated heterocycles. The Kier molecular flexibility index (Phi) is 6.20. The normalized spacial score (nSPS) is 12.4. The molecule has 1 rings (SSSR count). The molecule has 1 aromatic rings. The first-order valence-electron chi connectivity index (χ1n) is 6.43. The van der Waals surface area contributed by atoms with Gasteiger partial charge in [-0.3, -0.25) is 0 Å². The van der Waals surface area contributed by atoms with Crippen LogP contribution in [0.25, 0.3) is 6.08 Å². The van der Waals surface area contributed by atoms with Crippen LogP contribution < -0.4 is 4.74 Å². The summed E-state index contributed by atoms with van der Waals surface area (Å²) in [5.74, 6) is 1.24. The van der Waals surface area contributed by atoms with Crippen molar-refractivity contribution in [2.24, 2.45) is 5.92 Å². The van der Waals surface area contributed by atoms with Crippen molar-refractivity contribution in [2.45, 2.75) is 33.6 Å². The van der Waals surface area contributed by atoms with Crippen molar-refractivity contribution in [1.29, 1.82) is 0 Å². The molecule has 0 aromatic carbocycles. The molecule has 1 unspecified atom stereocenters. The maximum absolute atomic E-state index is 5.03. The summed E-state index contributed by atoms with van der Waals surface area (Å²) in [4.78, 5) is 4.18. The molecule has 0 saturated carbocycles. The summed E-state index contributed by atoms with van der Waals surface area (Å²) >= 11 is 0. The van der Waals surface area contributed by atoms with Gasteiger partial charge in [-0.25, -0.2) is 4.98 Å². The van der Waals surface area contributed by atoms with Crippen LogP contribution in [-0.2, 0) is 0 Å². The lowest BCUT2D eigenvalue weighted by Crippen LogP contribution is -1.89. The minimum Gasteiger partial charge on any atom is -0.481 e. The van der Waals surface area contributed by atoms with Crippen molar-refractivity contribution >= 4 is 6.08 Å². The Bertz CT molecular complexity index is 400. The first-order valence-corrected chi connectivity index (χ1v) is 6.43. The lowest BCUT2D eigenvalue weighted by Gasteiger charge is -2.04. The zero-order valence-corrected chi connectivity index (χ0v) is 11.8. The van der Waals surface area contributed by atoms with E-state index in [4.69, 9.17) is 4.74 Å². The van der Waals surface area contributed by atoms with Crippen LogP contribution in [0.3, 0.4) is 0 Å². The molecule has 18 heavy (non-hydrogen) atoms. The smallest absolute Gasteiger partial charge is 0.212 e. The lowest BCUT2D eigenvalue weighted by molar-refractivity contribution is 0.398. The number of ether oxygens (including phenoxy) is 1. The number of hydrogen-bond acceptors (Lipinski definition) is 2. The van der Waals surface area contributed by atoms with Crippen LogP contribution in [0, 0.1) is 5.92 Å². The second-order valence-electron chi connectivity index (χ2n) is 4.83. The zero-order valence-electron chi connectivity index (χ0n) is 11.8. The quantitative estimate of drug-likeness (QED) is 0.689. The van der Waals surface area contributed by atoms with Crippen molar-refractivity contribution in [1.82, 2.24) is 4.98 Å². The Hall–Kier alpha value is -1.57. The van der Waals surface area contributed by atoms with Gasteiger partial charge in [0.15, 0.2) is 0 Å². The van der Waals surface area contributed by atoms with Crippen LogP contribution in [0.1, 0.15) is 39.2 Å². The molecule has 0 radical (unpaired) electrons. The Balaban J connectivity index is 2.44. The van der Waals surface area contributed by atoms with E-state index in [2.05, 4.69) is 44.0 Å². The van der Waals surface area contributed by atoms with Gasteiger partial charge in [0.2, 0.25) is 5.88 Å². The number of hydrogen-bond donors (Lipinski definition) is 0. The molecule has 1 aromatic heterocycles. The van der Waals surface area contributed by atoms with Crippen LogP contribution in [0.5, 0.6) is 5.88 Å². The zero-order chi connectivity index (χ0) is 13.4. The number of rotatable bonds is 6. The summed E-state index contributed by atoms with van der Waals surface area (Å²) in [6.07, 6.45) is 10.8. The van der Waals surface area contributed by atoms with E-state index >= 15 is 0 Å². The standard InChI is InChI=1S/C16H23NO/c1-13(2)6-5-7-14(3)8-9-15-10-11-16(18-4)17-12-15/h6,8-12,14H,5,7H2,1-4H3. The average Bonchev–Trinajstić information content (AvgIpc) is 2.36. The average molecular weight is 245 g/mol. The highest BCUT2D eigenvalue weighted by Crippen LogP contribution is 2.13. The van der Waals surface area contributed by atoms with E-state index in [0.29, 0.717) is 11.8 Å². The molecule has 0 fully saturated rings. The lowest BCUT2D eigenvalue weighted by atomic mass is 10.0. The minimum absolute atomic E-state index is 0.586. The van der Waals surface area contributed by atoms with Crippen LogP contribution in [0.4, 0.5) is 0 Å². The first-order chi connectivity index (χ1) is 8.61. The number of methoxy groups -OCH3 is 1. The molecule has 98 valence electrons. The van der Waals surface area contributed by atoms with Crippen LogP contribution in [0.15, 0.2) is 36.1 Å². The van der Waals surface area contributed by atoms with E-state index in [0.717, 1.165) is 12.0 Å². The molecular formula is C16H23NO. The summed E-state index contributed by atoms with van der Waals surface area (Å²) in [5, 5.41) is 0. The molecule has 0 spiro atoms. The third kappa shape index (κ3) is 5.67. The van der Waals surface area contributed by atoms with E-state index in [-0.39, 0.29) is 0 Å². The highest BCUT2D eigenvalue weighted by Gasteiger charge is 1.96. The van der Waals surface area contributed by atoms with Gasteiger partial charge in [-0.2, -0.15) is 0 Å². The van der Waals surface area contributed by atoms with Gasteiger partial charge >= 0.3 is 0 Å². The van der Waals surface area contributed by atoms with Crippen LogP contribution in [0.2, 0.25) is 0 Å². The second kappa shape index (κ2) is 7.70. The SMILES string of the molecule is COc1ccc(C=CC(C)CCC=C(C)C)cn1. The molecule has 0 aliphatic carbocycles. The number of pyridine rings is 1. The van der Waals surface area contributed by atoms with Gasteiger partial charge < -0.3 is 4.74 Å². The number of nitrogens with zero attached hydrogens (tertiary/aromatic N) is 1. The fraction of sp³-hybridized carbons (Fsp3) is 0.438. The number of allylic oxidation sites excluding steroid dienone is 3. The predicted molar refractivity (Wildman–Crippen MR) is 77.7 cm³/mol. The Morgan fingerprint density at radius 2 is 2.17 bits per heavy atom.